The summed E-state index contributed by atoms with van der Waals surface area (Å²) in [6, 6.07) is 2.26. The van der Waals surface area contributed by atoms with Gasteiger partial charge in [0.1, 0.15) is 5.57 Å². The van der Waals surface area contributed by atoms with E-state index in [4.69, 9.17) is 35.9 Å². The predicted octanol–water partition coefficient (Wildman–Crippen LogP) is 2.50. The maximum atomic E-state index is 12.3. The first-order valence-electron chi connectivity index (χ1n) is 16.6. The second-order valence-electron chi connectivity index (χ2n) is 11.5. The number of carbonyl (C=O) groups excluding carboxylic acids is 4. The van der Waals surface area contributed by atoms with Crippen LogP contribution in [0.15, 0.2) is 34.4 Å². The molecule has 1 N–H and O–H groups in total. The fourth-order valence-corrected chi connectivity index (χ4v) is 6.87. The van der Waals surface area contributed by atoms with Gasteiger partial charge in [0.2, 0.25) is 0 Å². The van der Waals surface area contributed by atoms with Gasteiger partial charge in [-0.1, -0.05) is 37.1 Å². The first-order valence-corrected chi connectivity index (χ1v) is 16.6. The van der Waals surface area contributed by atoms with E-state index in [1.165, 1.54) is 11.1 Å². The third-order valence-corrected chi connectivity index (χ3v) is 8.93. The van der Waals surface area contributed by atoms with Gasteiger partial charge < -0.3 is 35.9 Å². The van der Waals surface area contributed by atoms with Crippen LogP contribution in [-0.2, 0) is 38.1 Å². The Labute approximate surface area is 308 Å². The molecule has 4 rings (SSSR count). The van der Waals surface area contributed by atoms with Gasteiger partial charge >= 0.3 is 53.4 Å². The first-order chi connectivity index (χ1) is 22.6. The van der Waals surface area contributed by atoms with Crippen LogP contribution in [0.4, 0.5) is 0 Å². The molecule has 4 aliphatic carbocycles. The van der Waals surface area contributed by atoms with Crippen LogP contribution in [0.2, 0.25) is 0 Å². The van der Waals surface area contributed by atoms with Crippen molar-refractivity contribution in [2.75, 3.05) is 33.0 Å². The number of esters is 4. The first kappa shape index (κ1) is 45.0. The number of nitriles is 1. The zero-order valence-electron chi connectivity index (χ0n) is 29.9. The number of ether oxygens (including phenoxy) is 4. The quantitative estimate of drug-likeness (QED) is 0.0497. The van der Waals surface area contributed by atoms with E-state index in [1.807, 2.05) is 0 Å². The van der Waals surface area contributed by atoms with Gasteiger partial charge in [-0.15, -0.1) is 0 Å². The Kier molecular flexibility index (Phi) is 21.2. The number of allylic oxidation sites excluding steroid dienone is 5. The molecule has 0 spiro atoms. The van der Waals surface area contributed by atoms with E-state index in [-0.39, 0.29) is 80.0 Å². The Balaban J connectivity index is 0.000000799. The summed E-state index contributed by atoms with van der Waals surface area (Å²) in [6.45, 7) is 18.6. The normalized spacial score (nSPS) is 23.6. The zero-order chi connectivity index (χ0) is 35.7. The molecule has 0 unspecified atom stereocenters. The molecule has 0 amide bonds. The van der Waals surface area contributed by atoms with Gasteiger partial charge in [-0.2, -0.15) is 5.26 Å². The molecule has 48 heavy (non-hydrogen) atoms. The Bertz CT molecular complexity index is 1230. The van der Waals surface area contributed by atoms with Crippen molar-refractivity contribution in [3.8, 4) is 6.07 Å². The summed E-state index contributed by atoms with van der Waals surface area (Å²) in [6.07, 6.45) is 9.68. The number of aliphatic hydroxyl groups is 1. The molecule has 0 aliphatic heterocycles. The van der Waals surface area contributed by atoms with Crippen LogP contribution in [-0.4, -0.2) is 62.0 Å². The van der Waals surface area contributed by atoms with Gasteiger partial charge in [0.25, 0.3) is 0 Å². The second-order valence-corrected chi connectivity index (χ2v) is 11.5. The molecule has 11 nitrogen and oxygen atoms in total. The van der Waals surface area contributed by atoms with E-state index >= 15 is 0 Å². The Morgan fingerprint density at radius 2 is 1.25 bits per heavy atom. The van der Waals surface area contributed by atoms with Crippen LogP contribution in [0, 0.1) is 58.2 Å². The molecule has 4 aliphatic rings. The third kappa shape index (κ3) is 10.5. The van der Waals surface area contributed by atoms with Gasteiger partial charge in [0, 0.05) is 18.4 Å². The average molecular weight is 679 g/mol. The number of fused-ring (bicyclic) bond motifs is 2. The van der Waals surface area contributed by atoms with E-state index in [2.05, 4.69) is 32.1 Å². The largest absolute Gasteiger partial charge is 1.00 e. The standard InChI is InChI=1S/C17H23NO4.C16H22O4.C2H6O.CN.Na/c1-4-11-7-12-9-17(10-18,13(12)8-11)14(15(19)21-5-2)16(20)22-6-3;1-4-10-7-11-9-13(12(11)8-10)14(15(17)19-5-2)16(18)20-6-3;1-2-3;1-2;/h8,12-14H,4-7,9H2,1-3H3;8,11-12H,4-7,9H2,1-3H3;3H,2H2,1H3;;/q;;;-1;+1/t12-,13-,17-;11-,12-;;;/m11.../s1. The molecule has 2 fully saturated rings. The topological polar surface area (TPSA) is 173 Å². The number of hydrogen-bond acceptors (Lipinski definition) is 11. The molecule has 2 saturated carbocycles. The van der Waals surface area contributed by atoms with Crippen LogP contribution in [0.1, 0.15) is 87.0 Å². The Morgan fingerprint density at radius 3 is 1.67 bits per heavy atom. The fourth-order valence-electron chi connectivity index (χ4n) is 6.87. The minimum Gasteiger partial charge on any atom is -0.512 e. The van der Waals surface area contributed by atoms with Crippen molar-refractivity contribution < 1.29 is 72.8 Å². The maximum absolute atomic E-state index is 12.3. The van der Waals surface area contributed by atoms with E-state index < -0.39 is 35.2 Å². The van der Waals surface area contributed by atoms with Crippen molar-refractivity contribution in [2.45, 2.75) is 87.0 Å². The molecule has 0 bridgehead atoms. The average Bonchev–Trinajstić information content (AvgIpc) is 3.56. The van der Waals surface area contributed by atoms with E-state index in [1.54, 1.807) is 34.6 Å². The number of carbonyl (C=O) groups is 4. The van der Waals surface area contributed by atoms with E-state index in [9.17, 15) is 24.4 Å². The molecule has 260 valence electrons. The summed E-state index contributed by atoms with van der Waals surface area (Å²) < 4.78 is 20.1. The summed E-state index contributed by atoms with van der Waals surface area (Å²) in [5.41, 5.74) is 2.74. The molecular formula is C36H51N2NaO9. The minimum atomic E-state index is -1.15. The molecule has 0 saturated heterocycles. The number of rotatable bonds is 11. The van der Waals surface area contributed by atoms with E-state index in [0.29, 0.717) is 18.3 Å². The predicted molar refractivity (Wildman–Crippen MR) is 172 cm³/mol. The number of nitrogens with zero attached hydrogens (tertiary/aromatic N) is 2. The van der Waals surface area contributed by atoms with Crippen LogP contribution in [0.3, 0.4) is 0 Å². The van der Waals surface area contributed by atoms with Crippen molar-refractivity contribution in [3.63, 3.8) is 0 Å². The molecule has 12 heteroatoms. The summed E-state index contributed by atoms with van der Waals surface area (Å²) in [5, 5.41) is 23.6. The summed E-state index contributed by atoms with van der Waals surface area (Å²) in [4.78, 5) is 48.7. The zero-order valence-corrected chi connectivity index (χ0v) is 31.9. The molecule has 0 heterocycles. The summed E-state index contributed by atoms with van der Waals surface area (Å²) >= 11 is 0. The Hall–Kier alpha value is -2.96. The molecular weight excluding hydrogens is 627 g/mol. The van der Waals surface area contributed by atoms with Crippen LogP contribution < -0.4 is 29.6 Å². The van der Waals surface area contributed by atoms with Crippen molar-refractivity contribution in [2.24, 2.45) is 35.0 Å². The summed E-state index contributed by atoms with van der Waals surface area (Å²) in [5.74, 6) is -2.42. The van der Waals surface area contributed by atoms with Crippen molar-refractivity contribution >= 4 is 23.9 Å². The molecule has 0 aromatic carbocycles. The summed E-state index contributed by atoms with van der Waals surface area (Å²) in [7, 11) is 0. The molecule has 0 aromatic rings. The van der Waals surface area contributed by atoms with Gasteiger partial charge in [-0.25, -0.2) is 9.59 Å². The van der Waals surface area contributed by atoms with Crippen LogP contribution in [0.5, 0.6) is 0 Å². The number of hydrogen-bond donors (Lipinski definition) is 1. The fraction of sp³-hybridized carbons (Fsp3) is 0.667. The van der Waals surface area contributed by atoms with Crippen molar-refractivity contribution in [1.29, 1.82) is 10.5 Å². The van der Waals surface area contributed by atoms with Crippen LogP contribution in [0.25, 0.3) is 0 Å². The van der Waals surface area contributed by atoms with Crippen molar-refractivity contribution in [3.05, 3.63) is 41.0 Å². The van der Waals surface area contributed by atoms with Crippen LogP contribution >= 0.6 is 0 Å². The molecule has 0 aromatic heterocycles. The van der Waals surface area contributed by atoms with Crippen molar-refractivity contribution in [1.82, 2.24) is 0 Å². The maximum Gasteiger partial charge on any atom is 1.00 e. The van der Waals surface area contributed by atoms with E-state index in [0.717, 1.165) is 37.7 Å². The van der Waals surface area contributed by atoms with Gasteiger partial charge in [-0.05, 0) is 90.6 Å². The van der Waals surface area contributed by atoms with Gasteiger partial charge in [-0.3, -0.25) is 9.59 Å². The Morgan fingerprint density at radius 1 is 0.812 bits per heavy atom. The number of aliphatic hydroxyl groups excluding tert-OH is 1. The molecule has 0 radical (unpaired) electrons. The van der Waals surface area contributed by atoms with Gasteiger partial charge in [0.05, 0.1) is 37.9 Å². The SMILES string of the molecule is CCO.CCOC(=O)C(C(=O)OCC)=C1C[C@H]2CC(CC)=C[C@@H]12.CCOC(=O)C(C(=O)OCC)[C@@]1(C#N)C[C@H]2CC(CC)=C[C@H]21.[C-]#N.[Na+]. The smallest absolute Gasteiger partial charge is 0.512 e. The minimum absolute atomic E-state index is 0. The monoisotopic (exact) mass is 678 g/mol. The van der Waals surface area contributed by atoms with Gasteiger partial charge in [0.15, 0.2) is 5.92 Å². The molecule has 5 atom stereocenters. The third-order valence-electron chi connectivity index (χ3n) is 8.93. The second kappa shape index (κ2) is 22.6.